The number of guanidine groups is 1. The van der Waals surface area contributed by atoms with E-state index >= 15 is 0 Å². The topological polar surface area (TPSA) is 75.8 Å². The van der Waals surface area contributed by atoms with Gasteiger partial charge in [0.15, 0.2) is 5.96 Å². The van der Waals surface area contributed by atoms with Crippen LogP contribution in [0.3, 0.4) is 0 Å². The van der Waals surface area contributed by atoms with Crippen molar-refractivity contribution in [1.82, 2.24) is 15.2 Å². The minimum atomic E-state index is 0. The van der Waals surface area contributed by atoms with Crippen molar-refractivity contribution in [1.29, 1.82) is 0 Å². The third kappa shape index (κ3) is 9.14. The van der Waals surface area contributed by atoms with Crippen LogP contribution in [0.4, 0.5) is 0 Å². The first kappa shape index (κ1) is 21.6. The number of aryl methyl sites for hydroxylation is 2. The van der Waals surface area contributed by atoms with E-state index in [2.05, 4.69) is 25.6 Å². The molecule has 138 valence electrons. The Kier molecular flexibility index (Phi) is 11.6. The first-order valence-corrected chi connectivity index (χ1v) is 9.37. The van der Waals surface area contributed by atoms with E-state index in [9.17, 15) is 0 Å². The second kappa shape index (κ2) is 12.8. The molecule has 1 saturated heterocycles. The van der Waals surface area contributed by atoms with Crippen molar-refractivity contribution in [3.8, 4) is 0 Å². The number of unbranched alkanes of at least 4 members (excludes halogenated alkanes) is 1. The Morgan fingerprint density at radius 3 is 2.88 bits per heavy atom. The molecule has 0 unspecified atom stereocenters. The highest BCUT2D eigenvalue weighted by Crippen LogP contribution is 2.11. The zero-order valence-corrected chi connectivity index (χ0v) is 17.6. The number of ether oxygens (including phenoxy) is 1. The summed E-state index contributed by atoms with van der Waals surface area (Å²) < 4.78 is 5.34. The Balaban J connectivity index is 0.00000288. The highest BCUT2D eigenvalue weighted by atomic mass is 127. The van der Waals surface area contributed by atoms with Gasteiger partial charge in [0.05, 0.1) is 18.2 Å². The Morgan fingerprint density at radius 1 is 1.38 bits per heavy atom. The van der Waals surface area contributed by atoms with E-state index in [-0.39, 0.29) is 24.0 Å². The number of thiazole rings is 1. The van der Waals surface area contributed by atoms with Crippen LogP contribution in [0.2, 0.25) is 0 Å². The monoisotopic (exact) mass is 467 g/mol. The van der Waals surface area contributed by atoms with Crippen molar-refractivity contribution >= 4 is 41.3 Å². The van der Waals surface area contributed by atoms with Gasteiger partial charge in [-0.2, -0.15) is 0 Å². The van der Waals surface area contributed by atoms with Gasteiger partial charge >= 0.3 is 0 Å². The highest BCUT2D eigenvalue weighted by molar-refractivity contribution is 14.0. The van der Waals surface area contributed by atoms with Gasteiger partial charge in [-0.25, -0.2) is 4.98 Å². The van der Waals surface area contributed by atoms with Crippen molar-refractivity contribution in [2.75, 3.05) is 45.9 Å². The van der Waals surface area contributed by atoms with Gasteiger partial charge in [0.2, 0.25) is 0 Å². The second-order valence-electron chi connectivity index (χ2n) is 5.84. The van der Waals surface area contributed by atoms with Crippen LogP contribution in [0.15, 0.2) is 10.4 Å². The number of rotatable bonds is 9. The van der Waals surface area contributed by atoms with Crippen LogP contribution in [0.1, 0.15) is 30.0 Å². The number of nitrogens with two attached hydrogens (primary N) is 1. The van der Waals surface area contributed by atoms with Gasteiger partial charge in [-0.3, -0.25) is 9.89 Å². The van der Waals surface area contributed by atoms with E-state index in [0.717, 1.165) is 77.3 Å². The predicted octanol–water partition coefficient (Wildman–Crippen LogP) is 2.02. The van der Waals surface area contributed by atoms with Crippen LogP contribution in [0.25, 0.3) is 0 Å². The Hall–Kier alpha value is -0.450. The standard InChI is InChI=1S/C16H29N5OS.HI/c1-14-13-23-15(20-14)5-2-3-6-18-16(17)19-7-4-8-21-9-11-22-12-10-21;/h13H,2-12H2,1H3,(H3,17,18,19);1H. The van der Waals surface area contributed by atoms with Crippen LogP contribution < -0.4 is 11.1 Å². The number of morpholine rings is 1. The molecule has 1 aromatic rings. The Bertz CT molecular complexity index is 477. The fraction of sp³-hybridized carbons (Fsp3) is 0.750. The average molecular weight is 467 g/mol. The zero-order chi connectivity index (χ0) is 16.3. The third-order valence-corrected chi connectivity index (χ3v) is 4.83. The largest absolute Gasteiger partial charge is 0.379 e. The van der Waals surface area contributed by atoms with Gasteiger partial charge < -0.3 is 15.8 Å². The zero-order valence-electron chi connectivity index (χ0n) is 14.5. The molecule has 0 radical (unpaired) electrons. The summed E-state index contributed by atoms with van der Waals surface area (Å²) in [5.74, 6) is 0.567. The molecule has 6 nitrogen and oxygen atoms in total. The van der Waals surface area contributed by atoms with E-state index in [1.165, 1.54) is 5.01 Å². The average Bonchev–Trinajstić information content (AvgIpc) is 2.98. The summed E-state index contributed by atoms with van der Waals surface area (Å²) in [4.78, 5) is 11.3. The Labute approximate surface area is 166 Å². The molecular formula is C16H30IN5OS. The third-order valence-electron chi connectivity index (χ3n) is 3.81. The minimum Gasteiger partial charge on any atom is -0.379 e. The quantitative estimate of drug-likeness (QED) is 0.252. The molecule has 0 amide bonds. The van der Waals surface area contributed by atoms with Crippen molar-refractivity contribution < 1.29 is 4.74 Å². The normalized spacial score (nSPS) is 16.0. The Morgan fingerprint density at radius 2 is 2.17 bits per heavy atom. The summed E-state index contributed by atoms with van der Waals surface area (Å²) in [6, 6.07) is 0. The van der Waals surface area contributed by atoms with E-state index in [1.54, 1.807) is 11.3 Å². The number of nitrogens with one attached hydrogen (secondary N) is 1. The molecule has 1 aromatic heterocycles. The number of hydrogen-bond donors (Lipinski definition) is 2. The molecule has 2 heterocycles. The van der Waals surface area contributed by atoms with Crippen LogP contribution >= 0.6 is 35.3 Å². The van der Waals surface area contributed by atoms with Crippen molar-refractivity contribution in [3.05, 3.63) is 16.1 Å². The van der Waals surface area contributed by atoms with Gasteiger partial charge in [-0.15, -0.1) is 35.3 Å². The number of hydrogen-bond acceptors (Lipinski definition) is 5. The lowest BCUT2D eigenvalue weighted by Crippen LogP contribution is -2.37. The highest BCUT2D eigenvalue weighted by Gasteiger charge is 2.08. The summed E-state index contributed by atoms with van der Waals surface area (Å²) in [5, 5.41) is 6.52. The summed E-state index contributed by atoms with van der Waals surface area (Å²) in [6.45, 7) is 8.57. The van der Waals surface area contributed by atoms with Gasteiger partial charge in [-0.1, -0.05) is 0 Å². The fourth-order valence-electron chi connectivity index (χ4n) is 2.51. The molecule has 0 aliphatic carbocycles. The molecule has 24 heavy (non-hydrogen) atoms. The predicted molar refractivity (Wildman–Crippen MR) is 112 cm³/mol. The lowest BCUT2D eigenvalue weighted by atomic mass is 10.2. The SMILES string of the molecule is Cc1csc(CCCCNC(N)=NCCCN2CCOCC2)n1.I. The molecule has 0 saturated carbocycles. The van der Waals surface area contributed by atoms with Gasteiger partial charge in [-0.05, 0) is 32.6 Å². The lowest BCUT2D eigenvalue weighted by Gasteiger charge is -2.26. The molecule has 2 rings (SSSR count). The molecule has 1 aliphatic rings. The smallest absolute Gasteiger partial charge is 0.188 e. The molecular weight excluding hydrogens is 437 g/mol. The minimum absolute atomic E-state index is 0. The number of aliphatic imine (C=N–C) groups is 1. The van der Waals surface area contributed by atoms with Crippen LogP contribution in [0, 0.1) is 6.92 Å². The summed E-state index contributed by atoms with van der Waals surface area (Å²) >= 11 is 1.75. The van der Waals surface area contributed by atoms with E-state index < -0.39 is 0 Å². The van der Waals surface area contributed by atoms with Crippen molar-refractivity contribution in [3.63, 3.8) is 0 Å². The second-order valence-corrected chi connectivity index (χ2v) is 6.78. The van der Waals surface area contributed by atoms with Crippen molar-refractivity contribution in [2.24, 2.45) is 10.7 Å². The molecule has 3 N–H and O–H groups in total. The maximum atomic E-state index is 5.88. The molecule has 1 aliphatic heterocycles. The molecule has 0 aromatic carbocycles. The van der Waals surface area contributed by atoms with E-state index in [0.29, 0.717) is 5.96 Å². The molecule has 0 spiro atoms. The van der Waals surface area contributed by atoms with E-state index in [1.807, 2.05) is 6.92 Å². The summed E-state index contributed by atoms with van der Waals surface area (Å²) in [7, 11) is 0. The van der Waals surface area contributed by atoms with Crippen LogP contribution in [-0.2, 0) is 11.2 Å². The maximum absolute atomic E-state index is 5.88. The van der Waals surface area contributed by atoms with Crippen molar-refractivity contribution in [2.45, 2.75) is 32.6 Å². The summed E-state index contributed by atoms with van der Waals surface area (Å²) in [6.07, 6.45) is 4.31. The van der Waals surface area contributed by atoms with Crippen LogP contribution in [-0.4, -0.2) is 61.8 Å². The molecule has 0 bridgehead atoms. The lowest BCUT2D eigenvalue weighted by molar-refractivity contribution is 0.0377. The molecule has 0 atom stereocenters. The summed E-state index contributed by atoms with van der Waals surface area (Å²) in [5.41, 5.74) is 7.01. The number of nitrogens with zero attached hydrogens (tertiary/aromatic N) is 3. The number of halogens is 1. The van der Waals surface area contributed by atoms with E-state index in [4.69, 9.17) is 10.5 Å². The van der Waals surface area contributed by atoms with Gasteiger partial charge in [0, 0.05) is 43.8 Å². The first-order valence-electron chi connectivity index (χ1n) is 8.49. The molecule has 1 fully saturated rings. The van der Waals surface area contributed by atoms with Gasteiger partial charge in [0.25, 0.3) is 0 Å². The maximum Gasteiger partial charge on any atom is 0.188 e. The fourth-order valence-corrected chi connectivity index (χ4v) is 3.33. The first-order chi connectivity index (χ1) is 11.2. The number of aromatic nitrogens is 1. The molecule has 8 heteroatoms. The van der Waals surface area contributed by atoms with Crippen LogP contribution in [0.5, 0.6) is 0 Å². The van der Waals surface area contributed by atoms with Gasteiger partial charge in [0.1, 0.15) is 0 Å².